The Morgan fingerprint density at radius 2 is 2.14 bits per heavy atom. The molecule has 3 rings (SSSR count). The van der Waals surface area contributed by atoms with E-state index in [1.54, 1.807) is 18.3 Å². The lowest BCUT2D eigenvalue weighted by molar-refractivity contribution is 0.315. The molecule has 2 heterocycles. The Labute approximate surface area is 127 Å². The smallest absolute Gasteiger partial charge is 0.242 e. The van der Waals surface area contributed by atoms with Gasteiger partial charge in [-0.2, -0.15) is 5.10 Å². The number of sulfonamides is 1. The van der Waals surface area contributed by atoms with Crippen LogP contribution in [0, 0.1) is 6.92 Å². The van der Waals surface area contributed by atoms with Gasteiger partial charge >= 0.3 is 0 Å². The molecule has 8 nitrogen and oxygen atoms in total. The minimum absolute atomic E-state index is 0.0709. The van der Waals surface area contributed by atoms with Crippen molar-refractivity contribution in [2.75, 3.05) is 6.54 Å². The first-order valence-electron chi connectivity index (χ1n) is 6.77. The third-order valence-electron chi connectivity index (χ3n) is 3.31. The van der Waals surface area contributed by atoms with E-state index in [1.807, 2.05) is 17.7 Å². The second-order valence-electron chi connectivity index (χ2n) is 4.84. The summed E-state index contributed by atoms with van der Waals surface area (Å²) in [7, 11) is -3.65. The highest BCUT2D eigenvalue weighted by Crippen LogP contribution is 2.19. The molecule has 0 saturated heterocycles. The van der Waals surface area contributed by atoms with E-state index in [0.717, 1.165) is 5.69 Å². The number of hydrogen-bond acceptors (Lipinski definition) is 6. The number of aromatic nitrogens is 4. The lowest BCUT2D eigenvalue weighted by Crippen LogP contribution is -2.26. The molecular weight excluding hydrogens is 306 g/mol. The van der Waals surface area contributed by atoms with Crippen molar-refractivity contribution in [2.45, 2.75) is 24.8 Å². The van der Waals surface area contributed by atoms with Crippen LogP contribution in [0.2, 0.25) is 0 Å². The maximum Gasteiger partial charge on any atom is 0.242 e. The normalized spacial score (nSPS) is 12.0. The van der Waals surface area contributed by atoms with E-state index < -0.39 is 10.0 Å². The summed E-state index contributed by atoms with van der Waals surface area (Å²) < 4.78 is 33.6. The largest absolute Gasteiger partial charge is 0.270 e. The lowest BCUT2D eigenvalue weighted by atomic mass is 10.3. The molecule has 0 spiro atoms. The quantitative estimate of drug-likeness (QED) is 0.682. The molecule has 0 aliphatic heterocycles. The van der Waals surface area contributed by atoms with Gasteiger partial charge in [-0.1, -0.05) is 6.07 Å². The van der Waals surface area contributed by atoms with Gasteiger partial charge in [0.1, 0.15) is 10.4 Å². The molecule has 0 atom stereocenters. The zero-order valence-electron chi connectivity index (χ0n) is 11.9. The van der Waals surface area contributed by atoms with Crippen LogP contribution in [-0.4, -0.2) is 35.1 Å². The molecule has 3 aromatic rings. The van der Waals surface area contributed by atoms with Crippen LogP contribution >= 0.6 is 0 Å². The zero-order valence-corrected chi connectivity index (χ0v) is 12.7. The van der Waals surface area contributed by atoms with Gasteiger partial charge in [-0.15, -0.1) is 0 Å². The molecule has 0 aliphatic rings. The summed E-state index contributed by atoms with van der Waals surface area (Å²) in [5, 5.41) is 11.4. The number of nitrogens with zero attached hydrogens (tertiary/aromatic N) is 4. The predicted molar refractivity (Wildman–Crippen MR) is 78.6 cm³/mol. The van der Waals surface area contributed by atoms with E-state index in [0.29, 0.717) is 25.0 Å². The maximum absolute atomic E-state index is 12.3. The number of fused-ring (bicyclic) bond motifs is 1. The number of aryl methyl sites for hydroxylation is 2. The van der Waals surface area contributed by atoms with Gasteiger partial charge in [-0.05, 0) is 41.9 Å². The third kappa shape index (κ3) is 2.85. The van der Waals surface area contributed by atoms with Gasteiger partial charge in [0.05, 0.1) is 0 Å². The SMILES string of the molecule is Cc1ccnn1CCCNS(=O)(=O)c1cccc2nonc12. The Morgan fingerprint density at radius 3 is 2.91 bits per heavy atom. The average Bonchev–Trinajstić information content (AvgIpc) is 3.12. The molecule has 0 saturated carbocycles. The van der Waals surface area contributed by atoms with Crippen LogP contribution in [-0.2, 0) is 16.6 Å². The molecule has 1 N–H and O–H groups in total. The van der Waals surface area contributed by atoms with Gasteiger partial charge in [0.25, 0.3) is 0 Å². The fraction of sp³-hybridized carbons (Fsp3) is 0.308. The molecule has 0 bridgehead atoms. The molecule has 9 heteroatoms. The number of benzene rings is 1. The van der Waals surface area contributed by atoms with Crippen LogP contribution in [0.5, 0.6) is 0 Å². The fourth-order valence-electron chi connectivity index (χ4n) is 2.14. The van der Waals surface area contributed by atoms with Crippen molar-refractivity contribution in [3.8, 4) is 0 Å². The van der Waals surface area contributed by atoms with Crippen LogP contribution in [0.15, 0.2) is 40.0 Å². The first-order valence-corrected chi connectivity index (χ1v) is 8.25. The second-order valence-corrected chi connectivity index (χ2v) is 6.57. The molecule has 0 radical (unpaired) electrons. The molecule has 0 amide bonds. The lowest BCUT2D eigenvalue weighted by Gasteiger charge is -2.07. The van der Waals surface area contributed by atoms with Crippen molar-refractivity contribution in [1.29, 1.82) is 0 Å². The summed E-state index contributed by atoms with van der Waals surface area (Å²) in [6, 6.07) is 6.63. The van der Waals surface area contributed by atoms with E-state index in [4.69, 9.17) is 0 Å². The molecule has 1 aromatic carbocycles. The summed E-state index contributed by atoms with van der Waals surface area (Å²) in [6.07, 6.45) is 2.35. The Morgan fingerprint density at radius 1 is 1.27 bits per heavy atom. The van der Waals surface area contributed by atoms with E-state index in [2.05, 4.69) is 24.8 Å². The summed E-state index contributed by atoms with van der Waals surface area (Å²) in [5.41, 5.74) is 1.69. The molecule has 2 aromatic heterocycles. The highest BCUT2D eigenvalue weighted by atomic mass is 32.2. The average molecular weight is 321 g/mol. The van der Waals surface area contributed by atoms with Crippen LogP contribution < -0.4 is 4.72 Å². The molecule has 22 heavy (non-hydrogen) atoms. The van der Waals surface area contributed by atoms with Crippen molar-refractivity contribution in [3.63, 3.8) is 0 Å². The zero-order chi connectivity index (χ0) is 15.6. The first kappa shape index (κ1) is 14.7. The highest BCUT2D eigenvalue weighted by molar-refractivity contribution is 7.89. The second kappa shape index (κ2) is 5.85. The van der Waals surface area contributed by atoms with Gasteiger partial charge in [-0.3, -0.25) is 4.68 Å². The van der Waals surface area contributed by atoms with Crippen LogP contribution in [0.4, 0.5) is 0 Å². The van der Waals surface area contributed by atoms with E-state index in [1.165, 1.54) is 6.07 Å². The van der Waals surface area contributed by atoms with E-state index in [-0.39, 0.29) is 10.4 Å². The molecule has 0 aliphatic carbocycles. The third-order valence-corrected chi connectivity index (χ3v) is 4.80. The van der Waals surface area contributed by atoms with Gasteiger partial charge in [0.2, 0.25) is 10.0 Å². The van der Waals surface area contributed by atoms with Gasteiger partial charge < -0.3 is 0 Å². The van der Waals surface area contributed by atoms with E-state index >= 15 is 0 Å². The Kier molecular flexibility index (Phi) is 3.90. The Bertz CT molecular complexity index is 884. The molecular formula is C13H15N5O3S. The summed E-state index contributed by atoms with van der Waals surface area (Å²) in [4.78, 5) is 0.0709. The maximum atomic E-state index is 12.3. The van der Waals surface area contributed by atoms with E-state index in [9.17, 15) is 8.42 Å². The van der Waals surface area contributed by atoms with Gasteiger partial charge in [-0.25, -0.2) is 17.8 Å². The first-order chi connectivity index (χ1) is 10.6. The molecule has 0 fully saturated rings. The van der Waals surface area contributed by atoms with Crippen molar-refractivity contribution in [1.82, 2.24) is 24.8 Å². The summed E-state index contributed by atoms with van der Waals surface area (Å²) in [5.74, 6) is 0. The highest BCUT2D eigenvalue weighted by Gasteiger charge is 2.19. The van der Waals surface area contributed by atoms with Crippen LogP contribution in [0.25, 0.3) is 11.0 Å². The number of hydrogen-bond donors (Lipinski definition) is 1. The summed E-state index contributed by atoms with van der Waals surface area (Å²) >= 11 is 0. The van der Waals surface area contributed by atoms with Crippen LogP contribution in [0.3, 0.4) is 0 Å². The number of rotatable bonds is 6. The van der Waals surface area contributed by atoms with Crippen LogP contribution in [0.1, 0.15) is 12.1 Å². The van der Waals surface area contributed by atoms with Crippen molar-refractivity contribution >= 4 is 21.1 Å². The Balaban J connectivity index is 1.66. The predicted octanol–water partition coefficient (Wildman–Crippen LogP) is 1.10. The van der Waals surface area contributed by atoms with Crippen molar-refractivity contribution < 1.29 is 13.0 Å². The molecule has 116 valence electrons. The van der Waals surface area contributed by atoms with Crippen molar-refractivity contribution in [2.24, 2.45) is 0 Å². The topological polar surface area (TPSA) is 103 Å². The fourth-order valence-corrected chi connectivity index (χ4v) is 3.37. The number of nitrogens with one attached hydrogen (secondary N) is 1. The minimum Gasteiger partial charge on any atom is -0.270 e. The minimum atomic E-state index is -3.65. The van der Waals surface area contributed by atoms with Gasteiger partial charge in [0, 0.05) is 25.0 Å². The standard InChI is InChI=1S/C13H15N5O3S/c1-10-6-8-14-18(10)9-3-7-15-22(19,20)12-5-2-4-11-13(12)17-21-16-11/h2,4-6,8,15H,3,7,9H2,1H3. The molecule has 0 unspecified atom stereocenters. The monoisotopic (exact) mass is 321 g/mol. The summed E-state index contributed by atoms with van der Waals surface area (Å²) in [6.45, 7) is 2.91. The van der Waals surface area contributed by atoms with Gasteiger partial charge in [0.15, 0.2) is 5.52 Å². The Hall–Kier alpha value is -2.26. The van der Waals surface area contributed by atoms with Crippen molar-refractivity contribution in [3.05, 3.63) is 36.2 Å².